The Labute approximate surface area is 89.8 Å². The number of hydrogen-bond acceptors (Lipinski definition) is 2. The molecule has 1 unspecified atom stereocenters. The zero-order chi connectivity index (χ0) is 10.6. The molecule has 0 aliphatic heterocycles. The fourth-order valence-electron chi connectivity index (χ4n) is 1.93. The standard InChI is InChI=1S/C12H18OS/c1-11(2,3)10-7-8-9(14-10)5-6-12(8,4)13/h7,13H,5-6H2,1-4H3. The minimum absolute atomic E-state index is 0.213. The number of rotatable bonds is 0. The van der Waals surface area contributed by atoms with Gasteiger partial charge in [-0.2, -0.15) is 0 Å². The van der Waals surface area contributed by atoms with Crippen LogP contribution >= 0.6 is 11.3 Å². The van der Waals surface area contributed by atoms with E-state index in [1.807, 2.05) is 18.3 Å². The monoisotopic (exact) mass is 210 g/mol. The molecular formula is C12H18OS. The van der Waals surface area contributed by atoms with E-state index in [0.29, 0.717) is 0 Å². The van der Waals surface area contributed by atoms with Crippen molar-refractivity contribution in [1.29, 1.82) is 0 Å². The van der Waals surface area contributed by atoms with E-state index in [0.717, 1.165) is 12.8 Å². The van der Waals surface area contributed by atoms with Crippen LogP contribution in [0, 0.1) is 0 Å². The van der Waals surface area contributed by atoms with Crippen LogP contribution in [0.3, 0.4) is 0 Å². The molecule has 1 atom stereocenters. The highest BCUT2D eigenvalue weighted by molar-refractivity contribution is 7.12. The van der Waals surface area contributed by atoms with Gasteiger partial charge in [-0.15, -0.1) is 11.3 Å². The summed E-state index contributed by atoms with van der Waals surface area (Å²) in [6.07, 6.45) is 1.93. The van der Waals surface area contributed by atoms with E-state index < -0.39 is 5.60 Å². The molecule has 0 aromatic carbocycles. The van der Waals surface area contributed by atoms with Gasteiger partial charge in [0, 0.05) is 9.75 Å². The first kappa shape index (κ1) is 10.2. The molecule has 1 N–H and O–H groups in total. The van der Waals surface area contributed by atoms with E-state index in [-0.39, 0.29) is 5.41 Å². The minimum Gasteiger partial charge on any atom is -0.385 e. The number of fused-ring (bicyclic) bond motifs is 1. The van der Waals surface area contributed by atoms with Gasteiger partial charge in [0.05, 0.1) is 5.60 Å². The first-order valence-electron chi connectivity index (χ1n) is 5.17. The predicted octanol–water partition coefficient (Wildman–Crippen LogP) is 3.20. The lowest BCUT2D eigenvalue weighted by molar-refractivity contribution is 0.0594. The summed E-state index contributed by atoms with van der Waals surface area (Å²) in [5.74, 6) is 0. The topological polar surface area (TPSA) is 20.2 Å². The largest absolute Gasteiger partial charge is 0.385 e. The number of thiophene rings is 1. The molecule has 0 bridgehead atoms. The van der Waals surface area contributed by atoms with Gasteiger partial charge in [0.1, 0.15) is 0 Å². The van der Waals surface area contributed by atoms with Crippen molar-refractivity contribution in [1.82, 2.24) is 0 Å². The third-order valence-corrected chi connectivity index (χ3v) is 4.59. The van der Waals surface area contributed by atoms with Crippen LogP contribution in [0.4, 0.5) is 0 Å². The molecule has 1 aliphatic carbocycles. The Bertz CT molecular complexity index is 355. The molecule has 1 aliphatic rings. The molecule has 1 aromatic heterocycles. The molecule has 2 rings (SSSR count). The normalized spacial score (nSPS) is 26.6. The molecule has 0 saturated heterocycles. The van der Waals surface area contributed by atoms with Crippen molar-refractivity contribution >= 4 is 11.3 Å². The van der Waals surface area contributed by atoms with E-state index in [4.69, 9.17) is 0 Å². The Morgan fingerprint density at radius 3 is 2.57 bits per heavy atom. The SMILES string of the molecule is CC(C)(C)c1cc2c(s1)CCC2(C)O. The minimum atomic E-state index is -0.574. The molecule has 0 spiro atoms. The maximum Gasteiger partial charge on any atom is 0.0882 e. The fraction of sp³-hybridized carbons (Fsp3) is 0.667. The van der Waals surface area contributed by atoms with E-state index in [2.05, 4.69) is 26.8 Å². The molecule has 0 saturated carbocycles. The smallest absolute Gasteiger partial charge is 0.0882 e. The van der Waals surface area contributed by atoms with Crippen LogP contribution in [0.15, 0.2) is 6.07 Å². The lowest BCUT2D eigenvalue weighted by Gasteiger charge is -2.18. The first-order valence-corrected chi connectivity index (χ1v) is 5.98. The molecule has 1 nitrogen and oxygen atoms in total. The maximum absolute atomic E-state index is 10.1. The van der Waals surface area contributed by atoms with Crippen LogP contribution in [-0.2, 0) is 17.4 Å². The van der Waals surface area contributed by atoms with Crippen molar-refractivity contribution < 1.29 is 5.11 Å². The van der Waals surface area contributed by atoms with Crippen LogP contribution in [0.5, 0.6) is 0 Å². The lowest BCUT2D eigenvalue weighted by Crippen LogP contribution is -2.16. The Hall–Kier alpha value is -0.340. The van der Waals surface area contributed by atoms with E-state index in [9.17, 15) is 5.11 Å². The van der Waals surface area contributed by atoms with Gasteiger partial charge in [-0.25, -0.2) is 0 Å². The van der Waals surface area contributed by atoms with Crippen LogP contribution in [0.2, 0.25) is 0 Å². The average molecular weight is 210 g/mol. The second-order valence-electron chi connectivity index (χ2n) is 5.47. The van der Waals surface area contributed by atoms with Crippen molar-refractivity contribution in [2.75, 3.05) is 0 Å². The molecular weight excluding hydrogens is 192 g/mol. The summed E-state index contributed by atoms with van der Waals surface area (Å²) >= 11 is 1.87. The first-order chi connectivity index (χ1) is 6.31. The van der Waals surface area contributed by atoms with E-state index in [1.54, 1.807) is 0 Å². The van der Waals surface area contributed by atoms with Crippen LogP contribution in [-0.4, -0.2) is 5.11 Å². The van der Waals surface area contributed by atoms with Gasteiger partial charge in [0.15, 0.2) is 0 Å². The zero-order valence-corrected chi connectivity index (χ0v) is 10.2. The molecule has 14 heavy (non-hydrogen) atoms. The second-order valence-corrected chi connectivity index (χ2v) is 6.61. The highest BCUT2D eigenvalue weighted by Crippen LogP contribution is 2.44. The number of hydrogen-bond donors (Lipinski definition) is 1. The molecule has 78 valence electrons. The summed E-state index contributed by atoms with van der Waals surface area (Å²) in [6, 6.07) is 2.20. The van der Waals surface area contributed by atoms with Gasteiger partial charge in [-0.05, 0) is 36.8 Å². The van der Waals surface area contributed by atoms with Crippen molar-refractivity contribution in [3.05, 3.63) is 21.4 Å². The van der Waals surface area contributed by atoms with Gasteiger partial charge in [-0.1, -0.05) is 20.8 Å². The third-order valence-electron chi connectivity index (χ3n) is 2.97. The summed E-state index contributed by atoms with van der Waals surface area (Å²) in [7, 11) is 0. The summed E-state index contributed by atoms with van der Waals surface area (Å²) in [6.45, 7) is 8.60. The highest BCUT2D eigenvalue weighted by Gasteiger charge is 2.35. The highest BCUT2D eigenvalue weighted by atomic mass is 32.1. The number of aliphatic hydroxyl groups is 1. The number of aryl methyl sites for hydroxylation is 1. The maximum atomic E-state index is 10.1. The molecule has 0 radical (unpaired) electrons. The van der Waals surface area contributed by atoms with E-state index >= 15 is 0 Å². The van der Waals surface area contributed by atoms with Crippen LogP contribution in [0.25, 0.3) is 0 Å². The van der Waals surface area contributed by atoms with Crippen molar-refractivity contribution in [3.63, 3.8) is 0 Å². The molecule has 0 fully saturated rings. The quantitative estimate of drug-likeness (QED) is 0.697. The van der Waals surface area contributed by atoms with Crippen LogP contribution < -0.4 is 0 Å². The Kier molecular flexibility index (Phi) is 2.06. The summed E-state index contributed by atoms with van der Waals surface area (Å²) in [5.41, 5.74) is 0.813. The van der Waals surface area contributed by atoms with Gasteiger partial charge >= 0.3 is 0 Å². The van der Waals surface area contributed by atoms with E-state index in [1.165, 1.54) is 15.3 Å². The average Bonchev–Trinajstić information content (AvgIpc) is 2.51. The summed E-state index contributed by atoms with van der Waals surface area (Å²) in [4.78, 5) is 2.78. The van der Waals surface area contributed by atoms with Crippen molar-refractivity contribution in [2.45, 2.75) is 51.6 Å². The van der Waals surface area contributed by atoms with Gasteiger partial charge in [-0.3, -0.25) is 0 Å². The molecule has 1 aromatic rings. The Morgan fingerprint density at radius 2 is 2.07 bits per heavy atom. The van der Waals surface area contributed by atoms with Crippen molar-refractivity contribution in [3.8, 4) is 0 Å². The Morgan fingerprint density at radius 1 is 1.43 bits per heavy atom. The second kappa shape index (κ2) is 2.83. The molecule has 2 heteroatoms. The fourth-order valence-corrected chi connectivity index (χ4v) is 3.27. The zero-order valence-electron chi connectivity index (χ0n) is 9.35. The Balaban J connectivity index is 2.45. The van der Waals surface area contributed by atoms with Gasteiger partial charge in [0.2, 0.25) is 0 Å². The lowest BCUT2D eigenvalue weighted by atomic mass is 9.92. The van der Waals surface area contributed by atoms with Crippen molar-refractivity contribution in [2.24, 2.45) is 0 Å². The van der Waals surface area contributed by atoms with Crippen LogP contribution in [0.1, 0.15) is 49.4 Å². The summed E-state index contributed by atoms with van der Waals surface area (Å²) < 4.78 is 0. The van der Waals surface area contributed by atoms with Gasteiger partial charge < -0.3 is 5.11 Å². The predicted molar refractivity (Wildman–Crippen MR) is 60.9 cm³/mol. The molecule has 0 amide bonds. The summed E-state index contributed by atoms with van der Waals surface area (Å²) in [5, 5.41) is 10.1. The molecule has 1 heterocycles. The van der Waals surface area contributed by atoms with Gasteiger partial charge in [0.25, 0.3) is 0 Å². The third kappa shape index (κ3) is 1.51.